The molecule has 114 valence electrons. The van der Waals surface area contributed by atoms with Crippen molar-refractivity contribution in [3.63, 3.8) is 0 Å². The molecule has 1 atom stereocenters. The number of ether oxygens (including phenoxy) is 1. The lowest BCUT2D eigenvalue weighted by atomic mass is 10.0. The highest BCUT2D eigenvalue weighted by Gasteiger charge is 2.19. The summed E-state index contributed by atoms with van der Waals surface area (Å²) in [6, 6.07) is 5.42. The lowest BCUT2D eigenvalue weighted by Gasteiger charge is -2.19. The summed E-state index contributed by atoms with van der Waals surface area (Å²) in [6.07, 6.45) is 5.90. The number of nitrogens with one attached hydrogen (secondary N) is 1. The molecule has 1 aromatic carbocycles. The third-order valence-corrected chi connectivity index (χ3v) is 4.68. The zero-order valence-electron chi connectivity index (χ0n) is 11.9. The van der Waals surface area contributed by atoms with Crippen LogP contribution in [0.1, 0.15) is 37.3 Å². The van der Waals surface area contributed by atoms with Gasteiger partial charge >= 0.3 is 0 Å². The van der Waals surface area contributed by atoms with Crippen molar-refractivity contribution >= 4 is 22.2 Å². The van der Waals surface area contributed by atoms with Crippen molar-refractivity contribution in [1.29, 1.82) is 0 Å². The summed E-state index contributed by atoms with van der Waals surface area (Å²) in [4.78, 5) is 0.307. The Morgan fingerprint density at radius 3 is 2.65 bits per heavy atom. The number of methoxy groups -OCH3 is 1. The molecule has 0 saturated carbocycles. The van der Waals surface area contributed by atoms with Crippen LogP contribution in [0.15, 0.2) is 23.1 Å². The normalized spacial score (nSPS) is 19.8. The molecular formula is C14H22ClNO3S. The first-order chi connectivity index (χ1) is 9.02. The van der Waals surface area contributed by atoms with Gasteiger partial charge in [0.2, 0.25) is 0 Å². The predicted molar refractivity (Wildman–Crippen MR) is 82.6 cm³/mol. The van der Waals surface area contributed by atoms with Gasteiger partial charge in [-0.05, 0) is 31.5 Å². The molecule has 0 amide bonds. The molecule has 1 aromatic rings. The van der Waals surface area contributed by atoms with E-state index < -0.39 is 9.84 Å². The van der Waals surface area contributed by atoms with Gasteiger partial charge in [0.25, 0.3) is 0 Å². The van der Waals surface area contributed by atoms with Gasteiger partial charge in [-0.2, -0.15) is 0 Å². The zero-order chi connectivity index (χ0) is 13.9. The first-order valence-corrected chi connectivity index (χ1v) is 8.53. The van der Waals surface area contributed by atoms with Crippen LogP contribution in [0.5, 0.6) is 5.75 Å². The second-order valence-electron chi connectivity index (χ2n) is 5.03. The van der Waals surface area contributed by atoms with Crippen LogP contribution in [0.4, 0.5) is 0 Å². The van der Waals surface area contributed by atoms with Gasteiger partial charge in [-0.1, -0.05) is 18.9 Å². The number of hydrogen-bond donors (Lipinski definition) is 1. The van der Waals surface area contributed by atoms with E-state index in [0.717, 1.165) is 18.5 Å². The molecular weight excluding hydrogens is 298 g/mol. The van der Waals surface area contributed by atoms with Crippen molar-refractivity contribution < 1.29 is 13.2 Å². The third-order valence-electron chi connectivity index (χ3n) is 3.57. The molecule has 1 aliphatic heterocycles. The molecule has 20 heavy (non-hydrogen) atoms. The Hall–Kier alpha value is -0.780. The summed E-state index contributed by atoms with van der Waals surface area (Å²) >= 11 is 0. The van der Waals surface area contributed by atoms with Crippen LogP contribution in [0.25, 0.3) is 0 Å². The van der Waals surface area contributed by atoms with Crippen LogP contribution in [-0.2, 0) is 9.84 Å². The van der Waals surface area contributed by atoms with Gasteiger partial charge in [-0.15, -0.1) is 12.4 Å². The van der Waals surface area contributed by atoms with Gasteiger partial charge in [0.05, 0.1) is 12.0 Å². The van der Waals surface area contributed by atoms with Crippen LogP contribution < -0.4 is 10.1 Å². The average Bonchev–Trinajstić information content (AvgIpc) is 2.65. The van der Waals surface area contributed by atoms with Gasteiger partial charge in [0, 0.05) is 17.9 Å². The molecule has 1 saturated heterocycles. The van der Waals surface area contributed by atoms with Crippen LogP contribution >= 0.6 is 12.4 Å². The fraction of sp³-hybridized carbons (Fsp3) is 0.571. The Morgan fingerprint density at radius 2 is 2.00 bits per heavy atom. The minimum atomic E-state index is -3.19. The molecule has 1 heterocycles. The Labute approximate surface area is 127 Å². The molecule has 1 N–H and O–H groups in total. The van der Waals surface area contributed by atoms with Crippen LogP contribution in [0.3, 0.4) is 0 Å². The molecule has 1 fully saturated rings. The van der Waals surface area contributed by atoms with Crippen LogP contribution in [-0.4, -0.2) is 28.3 Å². The van der Waals surface area contributed by atoms with E-state index in [1.54, 1.807) is 19.2 Å². The van der Waals surface area contributed by atoms with Crippen molar-refractivity contribution in [3.05, 3.63) is 23.8 Å². The molecule has 0 radical (unpaired) electrons. The monoisotopic (exact) mass is 319 g/mol. The lowest BCUT2D eigenvalue weighted by Crippen LogP contribution is -2.21. The van der Waals surface area contributed by atoms with E-state index in [1.165, 1.54) is 25.5 Å². The maximum absolute atomic E-state index is 11.6. The van der Waals surface area contributed by atoms with Gasteiger partial charge in [0.15, 0.2) is 9.84 Å². The molecule has 6 heteroatoms. The topological polar surface area (TPSA) is 55.4 Å². The second kappa shape index (κ2) is 7.29. The predicted octanol–water partition coefficient (Wildman–Crippen LogP) is 2.73. The summed E-state index contributed by atoms with van der Waals surface area (Å²) < 4.78 is 28.5. The number of halogens is 1. The van der Waals surface area contributed by atoms with Gasteiger partial charge < -0.3 is 10.1 Å². The summed E-state index contributed by atoms with van der Waals surface area (Å²) in [5, 5.41) is 3.50. The lowest BCUT2D eigenvalue weighted by molar-refractivity contribution is 0.396. The summed E-state index contributed by atoms with van der Waals surface area (Å²) in [7, 11) is -1.61. The number of rotatable bonds is 3. The average molecular weight is 320 g/mol. The number of hydrogen-bond acceptors (Lipinski definition) is 4. The van der Waals surface area contributed by atoms with Crippen molar-refractivity contribution in [1.82, 2.24) is 5.32 Å². The molecule has 0 aromatic heterocycles. The smallest absolute Gasteiger partial charge is 0.175 e. The van der Waals surface area contributed by atoms with Gasteiger partial charge in [-0.3, -0.25) is 0 Å². The van der Waals surface area contributed by atoms with E-state index in [9.17, 15) is 8.42 Å². The molecule has 1 aliphatic rings. The van der Waals surface area contributed by atoms with Crippen LogP contribution in [0.2, 0.25) is 0 Å². The summed E-state index contributed by atoms with van der Waals surface area (Å²) in [6.45, 7) is 1.00. The Morgan fingerprint density at radius 1 is 1.25 bits per heavy atom. The molecule has 0 bridgehead atoms. The first-order valence-electron chi connectivity index (χ1n) is 6.64. The van der Waals surface area contributed by atoms with E-state index in [1.807, 2.05) is 6.07 Å². The van der Waals surface area contributed by atoms with E-state index >= 15 is 0 Å². The minimum Gasteiger partial charge on any atom is -0.496 e. The fourth-order valence-electron chi connectivity index (χ4n) is 2.50. The standard InChI is InChI=1S/C14H21NO3S.ClH/c1-18-14-10-11(19(2,16)17)7-8-12(14)13-6-4-3-5-9-15-13;/h7-8,10,13,15H,3-6,9H2,1-2H3;1H. The summed E-state index contributed by atoms with van der Waals surface area (Å²) in [5.74, 6) is 0.655. The number of benzene rings is 1. The maximum Gasteiger partial charge on any atom is 0.175 e. The van der Waals surface area contributed by atoms with E-state index in [0.29, 0.717) is 10.6 Å². The van der Waals surface area contributed by atoms with Crippen LogP contribution in [0, 0.1) is 0 Å². The molecule has 0 spiro atoms. The highest BCUT2D eigenvalue weighted by atomic mass is 35.5. The molecule has 2 rings (SSSR count). The third kappa shape index (κ3) is 4.11. The molecule has 1 unspecified atom stereocenters. The largest absolute Gasteiger partial charge is 0.496 e. The Balaban J connectivity index is 0.00000200. The quantitative estimate of drug-likeness (QED) is 0.930. The first kappa shape index (κ1) is 17.3. The highest BCUT2D eigenvalue weighted by Crippen LogP contribution is 2.32. The van der Waals surface area contributed by atoms with E-state index in [4.69, 9.17) is 4.74 Å². The molecule has 0 aliphatic carbocycles. The van der Waals surface area contributed by atoms with E-state index in [-0.39, 0.29) is 18.4 Å². The SMILES string of the molecule is COc1cc(S(C)(=O)=O)ccc1C1CCCCCN1.Cl. The Bertz CT molecular complexity index is 537. The van der Waals surface area contributed by atoms with E-state index in [2.05, 4.69) is 5.32 Å². The van der Waals surface area contributed by atoms with Gasteiger partial charge in [-0.25, -0.2) is 8.42 Å². The number of sulfone groups is 1. The highest BCUT2D eigenvalue weighted by molar-refractivity contribution is 7.90. The van der Waals surface area contributed by atoms with Gasteiger partial charge in [0.1, 0.15) is 5.75 Å². The van der Waals surface area contributed by atoms with Crippen molar-refractivity contribution in [2.24, 2.45) is 0 Å². The Kier molecular flexibility index (Phi) is 6.30. The van der Waals surface area contributed by atoms with Crippen molar-refractivity contribution in [2.45, 2.75) is 36.6 Å². The fourth-order valence-corrected chi connectivity index (χ4v) is 3.14. The maximum atomic E-state index is 11.6. The van der Waals surface area contributed by atoms with Crippen molar-refractivity contribution in [3.8, 4) is 5.75 Å². The second-order valence-corrected chi connectivity index (χ2v) is 7.05. The minimum absolute atomic E-state index is 0. The molecule has 4 nitrogen and oxygen atoms in total. The van der Waals surface area contributed by atoms with Crippen molar-refractivity contribution in [2.75, 3.05) is 19.9 Å². The zero-order valence-corrected chi connectivity index (χ0v) is 13.5. The summed E-state index contributed by atoms with van der Waals surface area (Å²) in [5.41, 5.74) is 1.05.